The summed E-state index contributed by atoms with van der Waals surface area (Å²) in [5, 5.41) is 36.7. The molecule has 0 radical (unpaired) electrons. The summed E-state index contributed by atoms with van der Waals surface area (Å²) in [7, 11) is 9.90. The first-order valence-corrected chi connectivity index (χ1v) is 43.7. The van der Waals surface area contributed by atoms with E-state index in [4.69, 9.17) is 53.0 Å². The summed E-state index contributed by atoms with van der Waals surface area (Å²) in [6, 6.07) is 71.7. The van der Waals surface area contributed by atoms with Crippen molar-refractivity contribution < 1.29 is 62.7 Å². The lowest BCUT2D eigenvalue weighted by atomic mass is 9.95. The molecule has 0 saturated carbocycles. The zero-order chi connectivity index (χ0) is 105. The molecule has 10 aromatic heterocycles. The first-order valence-electron chi connectivity index (χ1n) is 50.2. The van der Waals surface area contributed by atoms with E-state index in [1.165, 1.54) is 19.1 Å². The predicted molar refractivity (Wildman–Crippen MR) is 533 cm³/mol. The molecule has 0 fully saturated rings. The number of nitrogens with zero attached hydrogens (tertiary/aromatic N) is 10. The van der Waals surface area contributed by atoms with Gasteiger partial charge >= 0.3 is 0 Å². The fourth-order valence-electron chi connectivity index (χ4n) is 17.9. The van der Waals surface area contributed by atoms with Crippen molar-refractivity contribution in [1.82, 2.24) is 0 Å². The molecule has 133 heavy (non-hydrogen) atoms. The van der Waals surface area contributed by atoms with Gasteiger partial charge in [-0.15, -0.1) is 0 Å². The predicted octanol–water partition coefficient (Wildman–Crippen LogP) is 28.1. The molecule has 0 N–H and O–H groups in total. The molecule has 21 aromatic rings. The van der Waals surface area contributed by atoms with Gasteiger partial charge in [-0.05, 0) is 200 Å². The minimum atomic E-state index is -2.56. The van der Waals surface area contributed by atoms with Gasteiger partial charge in [-0.25, -0.2) is 32.5 Å². The van der Waals surface area contributed by atoms with Crippen molar-refractivity contribution in [3.05, 3.63) is 363 Å². The third-order valence-electron chi connectivity index (χ3n) is 24.3. The smallest absolute Gasteiger partial charge is 0.216 e. The molecule has 0 aliphatic rings. The van der Waals surface area contributed by atoms with Crippen molar-refractivity contribution in [2.45, 2.75) is 102 Å². The number of rotatable bonds is 11. The lowest BCUT2D eigenvalue weighted by molar-refractivity contribution is -0.660. The van der Waals surface area contributed by atoms with Gasteiger partial charge in [0.2, 0.25) is 28.5 Å². The molecule has 21 rings (SSSR count). The Morgan fingerprint density at radius 1 is 0.353 bits per heavy atom. The summed E-state index contributed by atoms with van der Waals surface area (Å²) >= 11 is 0. The van der Waals surface area contributed by atoms with Crippen LogP contribution in [0, 0.1) is 101 Å². The summed E-state index contributed by atoms with van der Waals surface area (Å²) in [6.07, 6.45) is 6.72. The van der Waals surface area contributed by atoms with Gasteiger partial charge in [0, 0.05) is 131 Å². The Balaban J connectivity index is 0.000000125. The molecule has 15 nitrogen and oxygen atoms in total. The van der Waals surface area contributed by atoms with E-state index in [0.717, 1.165) is 144 Å². The first-order chi connectivity index (χ1) is 69.4. The van der Waals surface area contributed by atoms with Crippen LogP contribution >= 0.6 is 0 Å². The minimum Gasteiger partial charge on any atom is -0.455 e. The zero-order valence-electron chi connectivity index (χ0n) is 89.8. The molecule has 11 aromatic carbocycles. The third-order valence-corrected chi connectivity index (χ3v) is 24.3. The standard InChI is InChI=1S/C26H19N2O.2C24H23N2O.C23H21N2O.C21H17N2O/c1-17-12-13-20-22-16-19(27-2)15-21(18-9-5-4-6-10-18)25(22)29-26(20)24(17)23-11-7-8-14-28(23)3;1-15(2)12-17-13-18(25-4)14-20-19-10-9-16(3)22(24(19)27-23(17)20)21-8-6-7-11-26(21)5;1-15(2)13-17-9-10-18(14-25)22-19-11-8-16(3)21(24(19)27-23(17)22)20-7-5-6-12-26(20)4;1-14(2)17-11-9-16(13-24)21-18-10-8-15(3)20(23(18)26-22(17)21)19-7-5-6-12-25(19)4;1-13-8-10-16-19-15(12-22)9-7-14(2)20(19)24-21(16)18(13)17-6-4-5-11-23(17)3/h4-16H,1,3H3;6-11,13-15H,12H2,1-3,5H3;5-12,15H,13H2,1-4H3;5-12,14H,1-4H3;4-11H,1-3H3/q5*+1/i4D,5D,6D,9D,10D;12D2;13D2;1D3,14D;. The summed E-state index contributed by atoms with van der Waals surface area (Å²) in [5.41, 5.74) is 25.8. The number of furan rings is 5. The fraction of sp³-hybridized carbons (Fsp3) is 0.186. The normalized spacial score (nSPS) is 13.4. The van der Waals surface area contributed by atoms with Gasteiger partial charge in [-0.3, -0.25) is 0 Å². The number of fused-ring (bicyclic) bond motifs is 15. The second-order valence-electron chi connectivity index (χ2n) is 34.1. The average molecular weight is 1750 g/mol. The number of hydrogen-bond donors (Lipinski definition) is 0. The summed E-state index contributed by atoms with van der Waals surface area (Å²) in [6.45, 7) is 33.5. The van der Waals surface area contributed by atoms with Crippen LogP contribution in [0.15, 0.2) is 296 Å². The third kappa shape index (κ3) is 16.5. The second kappa shape index (κ2) is 37.0. The second-order valence-corrected chi connectivity index (χ2v) is 34.1. The van der Waals surface area contributed by atoms with Crippen LogP contribution in [0.4, 0.5) is 11.4 Å². The van der Waals surface area contributed by atoms with Crippen molar-refractivity contribution in [2.24, 2.45) is 47.1 Å². The largest absolute Gasteiger partial charge is 0.455 e. The number of pyridine rings is 5. The van der Waals surface area contributed by atoms with Crippen LogP contribution in [-0.4, -0.2) is 0 Å². The molecule has 0 saturated heterocycles. The Hall–Kier alpha value is -16.4. The highest BCUT2D eigenvalue weighted by atomic mass is 16.3. The van der Waals surface area contributed by atoms with Gasteiger partial charge < -0.3 is 22.1 Å². The monoisotopic (exact) mass is 1750 g/mol. The van der Waals surface area contributed by atoms with Crippen molar-refractivity contribution >= 4 is 121 Å². The zero-order valence-corrected chi connectivity index (χ0v) is 76.8. The Labute approximate surface area is 792 Å². The SMILES string of the molecule is Cc1ccc2c(oc3c(C)ccc(C#N)c32)c1-c1cccc[n+]1C.[2H]C([2H])([2H])C([2H])(C)c1ccc(C#N)c2c1oc1c(-c3cccc[n+]3C)c(C)ccc12.[2H]C([2H])(c1cc([N+]#[C-])cc2c1oc1c(-c3cccc[n+]3C)c(C)ccc12)C(C)C.[2H]C([2H])(c1ccc(C#N)c2c1oc1c(-c3cccc[n+]3C)c(C)ccc12)C(C)C.[2H]c1c([2H])c([2H])c(-c2cc([N+]#[C-])cc3c2oc2c(-c4cccc[n+]4C)c(C)ccc23)c([2H])c1[2H]. The van der Waals surface area contributed by atoms with Crippen molar-refractivity contribution in [2.75, 3.05) is 0 Å². The van der Waals surface area contributed by atoms with E-state index < -0.39 is 43.6 Å². The van der Waals surface area contributed by atoms with Crippen LogP contribution in [0.1, 0.15) is 132 Å². The summed E-state index contributed by atoms with van der Waals surface area (Å²) < 4.78 is 150. The molecular formula is C118H103N10O5+5. The lowest BCUT2D eigenvalue weighted by Crippen LogP contribution is -2.30. The van der Waals surface area contributed by atoms with Crippen molar-refractivity contribution in [3.8, 4) is 85.6 Å². The maximum Gasteiger partial charge on any atom is 0.216 e. The Bertz CT molecular complexity index is 9190. The number of hydrogen-bond acceptors (Lipinski definition) is 8. The van der Waals surface area contributed by atoms with Gasteiger partial charge in [-0.1, -0.05) is 151 Å². The molecule has 0 aliphatic carbocycles. The maximum atomic E-state index is 9.71. The highest BCUT2D eigenvalue weighted by molar-refractivity contribution is 6.18. The lowest BCUT2D eigenvalue weighted by Gasteiger charge is -2.06. The highest BCUT2D eigenvalue weighted by Crippen LogP contribution is 2.48. The molecule has 1 atom stereocenters. The number of aryl methyl sites for hydroxylation is 11. The molecule has 0 spiro atoms. The Kier molecular flexibility index (Phi) is 20.5. The van der Waals surface area contributed by atoms with E-state index in [-0.39, 0.29) is 40.6 Å². The molecule has 650 valence electrons. The Morgan fingerprint density at radius 3 is 1.08 bits per heavy atom. The minimum absolute atomic E-state index is 0.0177. The molecular weight excluding hydrogens is 1640 g/mol. The molecule has 0 amide bonds. The van der Waals surface area contributed by atoms with Crippen LogP contribution < -0.4 is 22.8 Å². The number of aromatic nitrogens is 5. The van der Waals surface area contributed by atoms with E-state index in [2.05, 4.69) is 63.7 Å². The van der Waals surface area contributed by atoms with Gasteiger partial charge in [0.1, 0.15) is 91.1 Å². The van der Waals surface area contributed by atoms with E-state index in [1.807, 2.05) is 286 Å². The average Bonchev–Trinajstić information content (AvgIpc) is 1.56. The maximum absolute atomic E-state index is 9.71. The number of nitriles is 3. The number of benzene rings is 11. The molecule has 15 heteroatoms. The first kappa shape index (κ1) is 73.5. The van der Waals surface area contributed by atoms with Crippen LogP contribution in [0.5, 0.6) is 0 Å². The summed E-state index contributed by atoms with van der Waals surface area (Å²) in [5.74, 6) is -2.38. The van der Waals surface area contributed by atoms with Crippen LogP contribution in [0.25, 0.3) is 187 Å². The quantitative estimate of drug-likeness (QED) is 0.0912. The fourth-order valence-corrected chi connectivity index (χ4v) is 17.9. The Morgan fingerprint density at radius 2 is 0.684 bits per heavy atom. The van der Waals surface area contributed by atoms with Crippen LogP contribution in [0.3, 0.4) is 0 Å². The van der Waals surface area contributed by atoms with Crippen molar-refractivity contribution in [3.63, 3.8) is 0 Å². The van der Waals surface area contributed by atoms with Crippen molar-refractivity contribution in [1.29, 1.82) is 15.8 Å². The van der Waals surface area contributed by atoms with Gasteiger partial charge in [0.05, 0.1) is 82.7 Å². The van der Waals surface area contributed by atoms with Crippen LogP contribution in [0.2, 0.25) is 0 Å². The molecule has 0 bridgehead atoms. The van der Waals surface area contributed by atoms with E-state index in [1.54, 1.807) is 36.4 Å². The van der Waals surface area contributed by atoms with E-state index >= 15 is 0 Å². The topological polar surface area (TPSA) is 165 Å². The highest BCUT2D eigenvalue weighted by Gasteiger charge is 2.30. The van der Waals surface area contributed by atoms with Gasteiger partial charge in [-0.2, -0.15) is 15.8 Å². The summed E-state index contributed by atoms with van der Waals surface area (Å²) in [4.78, 5) is 7.17. The van der Waals surface area contributed by atoms with Gasteiger partial charge in [0.15, 0.2) is 42.4 Å². The van der Waals surface area contributed by atoms with E-state index in [0.29, 0.717) is 94.4 Å². The molecule has 0 aliphatic heterocycles. The van der Waals surface area contributed by atoms with Crippen LogP contribution in [-0.2, 0) is 48.0 Å². The molecule has 10 heterocycles. The van der Waals surface area contributed by atoms with Gasteiger partial charge in [0.25, 0.3) is 0 Å². The van der Waals surface area contributed by atoms with E-state index in [9.17, 15) is 15.8 Å². The molecule has 1 unspecified atom stereocenters.